The van der Waals surface area contributed by atoms with Crippen molar-refractivity contribution in [1.29, 1.82) is 0 Å². The number of Topliss-reactive ketones (excluding diaryl/α,β-unsaturated/α-hetero) is 1. The average molecular weight is 444 g/mol. The Balaban J connectivity index is 1.73. The maximum atomic E-state index is 13.3. The lowest BCUT2D eigenvalue weighted by Gasteiger charge is -2.13. The van der Waals surface area contributed by atoms with Gasteiger partial charge in [-0.3, -0.25) is 9.59 Å². The first kappa shape index (κ1) is 22.1. The van der Waals surface area contributed by atoms with Crippen LogP contribution in [0.5, 0.6) is 17.2 Å². The molecule has 0 saturated heterocycles. The van der Waals surface area contributed by atoms with Crippen LogP contribution in [-0.2, 0) is 0 Å². The molecule has 0 radical (unpaired) electrons. The number of fused-ring (bicyclic) bond motifs is 1. The van der Waals surface area contributed by atoms with Crippen LogP contribution in [0, 0.1) is 13.8 Å². The van der Waals surface area contributed by atoms with E-state index in [1.54, 1.807) is 24.3 Å². The average Bonchev–Trinajstić information content (AvgIpc) is 2.83. The second kappa shape index (κ2) is 9.20. The third-order valence-corrected chi connectivity index (χ3v) is 5.37. The fraction of sp³-hybridized carbons (Fsp3) is 0.185. The lowest BCUT2D eigenvalue weighted by molar-refractivity contribution is 0.0920. The van der Waals surface area contributed by atoms with Gasteiger partial charge in [0.25, 0.3) is 0 Å². The first-order chi connectivity index (χ1) is 15.9. The van der Waals surface area contributed by atoms with Gasteiger partial charge in [0, 0.05) is 11.1 Å². The first-order valence-electron chi connectivity index (χ1n) is 10.4. The number of ether oxygens (including phenoxy) is 3. The molecule has 0 saturated carbocycles. The molecule has 168 valence electrons. The summed E-state index contributed by atoms with van der Waals surface area (Å²) in [6.45, 7) is 3.57. The van der Waals surface area contributed by atoms with E-state index < -0.39 is 0 Å². The first-order valence-corrected chi connectivity index (χ1v) is 10.4. The molecule has 0 bridgehead atoms. The van der Waals surface area contributed by atoms with Gasteiger partial charge in [0.05, 0.1) is 19.6 Å². The van der Waals surface area contributed by atoms with E-state index in [0.29, 0.717) is 39.4 Å². The highest BCUT2D eigenvalue weighted by molar-refractivity contribution is 5.98. The van der Waals surface area contributed by atoms with Crippen molar-refractivity contribution in [2.75, 3.05) is 20.8 Å². The number of carbonyl (C=O) groups is 1. The summed E-state index contributed by atoms with van der Waals surface area (Å²) >= 11 is 0. The number of benzene rings is 3. The Kier molecular flexibility index (Phi) is 6.18. The zero-order valence-corrected chi connectivity index (χ0v) is 18.9. The van der Waals surface area contributed by atoms with Gasteiger partial charge >= 0.3 is 0 Å². The van der Waals surface area contributed by atoms with Gasteiger partial charge in [-0.25, -0.2) is 0 Å². The number of aryl methyl sites for hydroxylation is 2. The fourth-order valence-corrected chi connectivity index (χ4v) is 3.54. The molecule has 0 aliphatic carbocycles. The van der Waals surface area contributed by atoms with Crippen LogP contribution in [0.4, 0.5) is 0 Å². The number of ketones is 1. The highest BCUT2D eigenvalue weighted by Crippen LogP contribution is 2.32. The summed E-state index contributed by atoms with van der Waals surface area (Å²) in [4.78, 5) is 26.1. The topological polar surface area (TPSA) is 75.0 Å². The highest BCUT2D eigenvalue weighted by atomic mass is 16.5. The van der Waals surface area contributed by atoms with Gasteiger partial charge in [0.1, 0.15) is 5.58 Å². The Hall–Kier alpha value is -4.06. The molecule has 0 aliphatic rings. The molecule has 0 atom stereocenters. The number of carbonyl (C=O) groups excluding carboxylic acids is 1. The largest absolute Gasteiger partial charge is 0.493 e. The fourth-order valence-electron chi connectivity index (χ4n) is 3.54. The minimum atomic E-state index is -0.337. The zero-order valence-electron chi connectivity index (χ0n) is 18.9. The SMILES string of the molecule is COc1ccc(C(=O)COc2c(-c3ccc(C)cc3)oc3cc(C)ccc3c2=O)cc1OC. The standard InChI is InChI=1S/C27H24O6/c1-16-5-8-18(9-6-16)26-27(25(29)20-11-7-17(2)13-23(20)33-26)32-15-21(28)19-10-12-22(30-3)24(14-19)31-4/h5-14H,15H2,1-4H3. The van der Waals surface area contributed by atoms with Crippen LogP contribution in [0.15, 0.2) is 69.9 Å². The molecule has 0 amide bonds. The van der Waals surface area contributed by atoms with E-state index in [2.05, 4.69) is 0 Å². The van der Waals surface area contributed by atoms with Crippen molar-refractivity contribution >= 4 is 16.8 Å². The second-order valence-electron chi connectivity index (χ2n) is 7.74. The summed E-state index contributed by atoms with van der Waals surface area (Å²) in [5.74, 6) is 0.933. The molecule has 4 aromatic rings. The zero-order chi connectivity index (χ0) is 23.5. The summed E-state index contributed by atoms with van der Waals surface area (Å²) in [5.41, 5.74) is 3.25. The van der Waals surface area contributed by atoms with Crippen molar-refractivity contribution in [3.05, 3.63) is 87.6 Å². The maximum Gasteiger partial charge on any atom is 0.235 e. The van der Waals surface area contributed by atoms with Gasteiger partial charge in [-0.1, -0.05) is 35.9 Å². The Bertz CT molecular complexity index is 1380. The normalized spacial score (nSPS) is 10.8. The van der Waals surface area contributed by atoms with Crippen LogP contribution < -0.4 is 19.6 Å². The molecule has 0 N–H and O–H groups in total. The Morgan fingerprint density at radius 2 is 1.55 bits per heavy atom. The Labute approximate surface area is 191 Å². The molecule has 4 rings (SSSR count). The molecule has 0 fully saturated rings. The molecule has 33 heavy (non-hydrogen) atoms. The van der Waals surface area contributed by atoms with E-state index in [1.807, 2.05) is 50.2 Å². The predicted octanol–water partition coefficient (Wildman–Crippen LogP) is 5.36. The Morgan fingerprint density at radius 3 is 2.24 bits per heavy atom. The molecule has 6 heteroatoms. The van der Waals surface area contributed by atoms with Crippen LogP contribution in [0.1, 0.15) is 21.5 Å². The molecular weight excluding hydrogens is 420 g/mol. The smallest absolute Gasteiger partial charge is 0.235 e. The van der Waals surface area contributed by atoms with Crippen molar-refractivity contribution in [2.45, 2.75) is 13.8 Å². The molecule has 3 aromatic carbocycles. The molecule has 1 aromatic heterocycles. The van der Waals surface area contributed by atoms with Gasteiger partial charge in [-0.2, -0.15) is 0 Å². The van der Waals surface area contributed by atoms with Gasteiger partial charge in [0.2, 0.25) is 11.2 Å². The van der Waals surface area contributed by atoms with Gasteiger partial charge in [-0.05, 0) is 49.7 Å². The summed E-state index contributed by atoms with van der Waals surface area (Å²) in [5, 5.41) is 0.394. The van der Waals surface area contributed by atoms with Crippen molar-refractivity contribution < 1.29 is 23.4 Å². The number of hydrogen-bond acceptors (Lipinski definition) is 6. The predicted molar refractivity (Wildman–Crippen MR) is 127 cm³/mol. The maximum absolute atomic E-state index is 13.3. The molecule has 0 aliphatic heterocycles. The van der Waals surface area contributed by atoms with E-state index >= 15 is 0 Å². The Morgan fingerprint density at radius 1 is 0.848 bits per heavy atom. The van der Waals surface area contributed by atoms with Gasteiger partial charge in [-0.15, -0.1) is 0 Å². The van der Waals surface area contributed by atoms with Crippen LogP contribution >= 0.6 is 0 Å². The minimum Gasteiger partial charge on any atom is -0.493 e. The minimum absolute atomic E-state index is 0.00373. The van der Waals surface area contributed by atoms with Gasteiger partial charge in [0.15, 0.2) is 29.6 Å². The van der Waals surface area contributed by atoms with E-state index in [9.17, 15) is 9.59 Å². The second-order valence-corrected chi connectivity index (χ2v) is 7.74. The van der Waals surface area contributed by atoms with Crippen molar-refractivity contribution in [3.63, 3.8) is 0 Å². The summed E-state index contributed by atoms with van der Waals surface area (Å²) in [6, 6.07) is 17.8. The van der Waals surface area contributed by atoms with E-state index in [-0.39, 0.29) is 23.6 Å². The monoisotopic (exact) mass is 444 g/mol. The van der Waals surface area contributed by atoms with Crippen LogP contribution in [0.3, 0.4) is 0 Å². The van der Waals surface area contributed by atoms with Crippen LogP contribution in [0.25, 0.3) is 22.3 Å². The number of rotatable bonds is 7. The lowest BCUT2D eigenvalue weighted by Crippen LogP contribution is -2.17. The van der Waals surface area contributed by atoms with Gasteiger partial charge < -0.3 is 18.6 Å². The molecule has 1 heterocycles. The van der Waals surface area contributed by atoms with Crippen molar-refractivity contribution in [1.82, 2.24) is 0 Å². The van der Waals surface area contributed by atoms with E-state index in [1.165, 1.54) is 14.2 Å². The van der Waals surface area contributed by atoms with E-state index in [0.717, 1.165) is 11.1 Å². The van der Waals surface area contributed by atoms with E-state index in [4.69, 9.17) is 18.6 Å². The molecule has 0 spiro atoms. The summed E-state index contributed by atoms with van der Waals surface area (Å²) in [6.07, 6.45) is 0. The molecular formula is C27H24O6. The number of hydrogen-bond donors (Lipinski definition) is 0. The van der Waals surface area contributed by atoms with Crippen LogP contribution in [0.2, 0.25) is 0 Å². The summed E-state index contributed by atoms with van der Waals surface area (Å²) in [7, 11) is 3.02. The molecule has 6 nitrogen and oxygen atoms in total. The quantitative estimate of drug-likeness (QED) is 0.358. The lowest BCUT2D eigenvalue weighted by atomic mass is 10.1. The number of methoxy groups -OCH3 is 2. The highest BCUT2D eigenvalue weighted by Gasteiger charge is 2.20. The van der Waals surface area contributed by atoms with Crippen molar-refractivity contribution in [2.24, 2.45) is 0 Å². The van der Waals surface area contributed by atoms with Crippen molar-refractivity contribution in [3.8, 4) is 28.6 Å². The molecule has 0 unspecified atom stereocenters. The van der Waals surface area contributed by atoms with Crippen LogP contribution in [-0.4, -0.2) is 26.6 Å². The summed E-state index contributed by atoms with van der Waals surface area (Å²) < 4.78 is 22.4. The third kappa shape index (κ3) is 4.46. The third-order valence-electron chi connectivity index (χ3n) is 5.37.